The lowest BCUT2D eigenvalue weighted by molar-refractivity contribution is -0.117. The Kier molecular flexibility index (Phi) is 7.88. The molecule has 0 spiro atoms. The Morgan fingerprint density at radius 1 is 1.39 bits per heavy atom. The van der Waals surface area contributed by atoms with Crippen LogP contribution in [0.1, 0.15) is 24.0 Å². The minimum Gasteiger partial charge on any atom is -0.493 e. The maximum atomic E-state index is 14.0. The molecule has 1 heterocycles. The summed E-state index contributed by atoms with van der Waals surface area (Å²) in [5.74, 6) is -0.204. The fourth-order valence-corrected chi connectivity index (χ4v) is 3.36. The van der Waals surface area contributed by atoms with E-state index in [1.807, 2.05) is 6.07 Å². The van der Waals surface area contributed by atoms with Gasteiger partial charge < -0.3 is 19.5 Å². The van der Waals surface area contributed by atoms with Crippen LogP contribution in [0, 0.1) is 17.1 Å². The summed E-state index contributed by atoms with van der Waals surface area (Å²) >= 11 is 6.05. The van der Waals surface area contributed by atoms with Crippen molar-refractivity contribution in [3.8, 4) is 17.6 Å². The molecule has 0 bridgehead atoms. The maximum absolute atomic E-state index is 14.0. The van der Waals surface area contributed by atoms with E-state index in [0.717, 1.165) is 12.8 Å². The molecule has 0 aromatic heterocycles. The second-order valence-corrected chi connectivity index (χ2v) is 7.32. The largest absolute Gasteiger partial charge is 0.493 e. The van der Waals surface area contributed by atoms with E-state index < -0.39 is 11.7 Å². The lowest BCUT2D eigenvalue weighted by atomic mass is 10.1. The average Bonchev–Trinajstić information content (AvgIpc) is 3.29. The molecule has 0 radical (unpaired) electrons. The highest BCUT2D eigenvalue weighted by Crippen LogP contribution is 2.31. The predicted molar refractivity (Wildman–Crippen MR) is 114 cm³/mol. The molecule has 1 unspecified atom stereocenters. The van der Waals surface area contributed by atoms with Gasteiger partial charge in [0.1, 0.15) is 24.1 Å². The summed E-state index contributed by atoms with van der Waals surface area (Å²) in [6, 6.07) is 11.2. The second kappa shape index (κ2) is 10.8. The number of hydrogen-bond donors (Lipinski definition) is 1. The van der Waals surface area contributed by atoms with Gasteiger partial charge in [0, 0.05) is 18.7 Å². The first-order valence-corrected chi connectivity index (χ1v) is 10.1. The third-order valence-corrected chi connectivity index (χ3v) is 5.17. The molecule has 8 heteroatoms. The summed E-state index contributed by atoms with van der Waals surface area (Å²) in [5, 5.41) is 12.4. The second-order valence-electron chi connectivity index (χ2n) is 6.91. The number of ether oxygens (including phenoxy) is 3. The van der Waals surface area contributed by atoms with Crippen molar-refractivity contribution in [1.82, 2.24) is 5.32 Å². The van der Waals surface area contributed by atoms with Crippen LogP contribution >= 0.6 is 11.6 Å². The molecular weight excluding hydrogens is 423 g/mol. The van der Waals surface area contributed by atoms with E-state index in [0.29, 0.717) is 30.2 Å². The van der Waals surface area contributed by atoms with Crippen molar-refractivity contribution in [3.63, 3.8) is 0 Å². The number of hydrogen-bond acceptors (Lipinski definition) is 5. The summed E-state index contributed by atoms with van der Waals surface area (Å²) in [5.41, 5.74) is 0.726. The van der Waals surface area contributed by atoms with Crippen LogP contribution in [0.5, 0.6) is 11.5 Å². The van der Waals surface area contributed by atoms with Crippen LogP contribution in [0.3, 0.4) is 0 Å². The lowest BCUT2D eigenvalue weighted by Crippen LogP contribution is -2.32. The van der Waals surface area contributed by atoms with Gasteiger partial charge >= 0.3 is 0 Å². The molecule has 1 fully saturated rings. The Bertz CT molecular complexity index is 993. The SMILES string of the molecule is COc1ccc(/C=C(/C#N)C(=O)NCC2CCCO2)cc1OCc1c(F)cccc1Cl. The minimum atomic E-state index is -0.477. The van der Waals surface area contributed by atoms with E-state index in [1.165, 1.54) is 25.3 Å². The quantitative estimate of drug-likeness (QED) is 0.486. The van der Waals surface area contributed by atoms with E-state index in [4.69, 9.17) is 25.8 Å². The number of nitriles is 1. The number of rotatable bonds is 8. The fraction of sp³-hybridized carbons (Fsp3) is 0.304. The molecule has 2 aromatic carbocycles. The van der Waals surface area contributed by atoms with Crippen molar-refractivity contribution in [2.24, 2.45) is 0 Å². The molecule has 0 saturated carbocycles. The molecule has 2 aromatic rings. The number of nitrogens with one attached hydrogen (secondary N) is 1. The maximum Gasteiger partial charge on any atom is 0.262 e. The zero-order valence-corrected chi connectivity index (χ0v) is 17.7. The van der Waals surface area contributed by atoms with Crippen LogP contribution in [0.2, 0.25) is 5.02 Å². The van der Waals surface area contributed by atoms with Crippen LogP contribution in [-0.2, 0) is 16.1 Å². The van der Waals surface area contributed by atoms with Gasteiger partial charge in [-0.15, -0.1) is 0 Å². The van der Waals surface area contributed by atoms with Crippen LogP contribution in [0.15, 0.2) is 42.0 Å². The Hall–Kier alpha value is -3.08. The Labute approximate surface area is 185 Å². The number of benzene rings is 2. The van der Waals surface area contributed by atoms with Crippen molar-refractivity contribution in [3.05, 3.63) is 63.9 Å². The van der Waals surface area contributed by atoms with Gasteiger partial charge in [-0.2, -0.15) is 5.26 Å². The van der Waals surface area contributed by atoms with Gasteiger partial charge in [0.25, 0.3) is 5.91 Å². The van der Waals surface area contributed by atoms with Gasteiger partial charge in [-0.3, -0.25) is 4.79 Å². The fourth-order valence-electron chi connectivity index (χ4n) is 3.14. The van der Waals surface area contributed by atoms with Gasteiger partial charge in [-0.25, -0.2) is 4.39 Å². The highest BCUT2D eigenvalue weighted by Gasteiger charge is 2.18. The standard InChI is InChI=1S/C23H22ClFN2O4/c1-29-21-8-7-15(10-16(12-26)23(28)27-13-17-4-3-9-30-17)11-22(21)31-14-18-19(24)5-2-6-20(18)25/h2,5-8,10-11,17H,3-4,9,13-14H2,1H3,(H,27,28)/b16-10-. The Morgan fingerprint density at radius 2 is 2.23 bits per heavy atom. The Balaban J connectivity index is 1.74. The molecule has 6 nitrogen and oxygen atoms in total. The van der Waals surface area contributed by atoms with Gasteiger partial charge in [-0.1, -0.05) is 23.7 Å². The number of methoxy groups -OCH3 is 1. The van der Waals surface area contributed by atoms with E-state index >= 15 is 0 Å². The normalized spacial score (nSPS) is 15.9. The molecule has 3 rings (SSSR count). The zero-order valence-electron chi connectivity index (χ0n) is 17.0. The molecule has 162 valence electrons. The van der Waals surface area contributed by atoms with Gasteiger partial charge in [-0.05, 0) is 48.7 Å². The smallest absolute Gasteiger partial charge is 0.262 e. The van der Waals surface area contributed by atoms with E-state index in [2.05, 4.69) is 5.32 Å². The first kappa shape index (κ1) is 22.6. The van der Waals surface area contributed by atoms with Gasteiger partial charge in [0.15, 0.2) is 11.5 Å². The third-order valence-electron chi connectivity index (χ3n) is 4.81. The highest BCUT2D eigenvalue weighted by atomic mass is 35.5. The molecule has 31 heavy (non-hydrogen) atoms. The van der Waals surface area contributed by atoms with Gasteiger partial charge in [0.05, 0.1) is 18.2 Å². The summed E-state index contributed by atoms with van der Waals surface area (Å²) in [6.07, 6.45) is 3.29. The van der Waals surface area contributed by atoms with Crippen LogP contribution in [0.4, 0.5) is 4.39 Å². The first-order chi connectivity index (χ1) is 15.0. The minimum absolute atomic E-state index is 0.0184. The van der Waals surface area contributed by atoms with Crippen molar-refractivity contribution in [1.29, 1.82) is 5.26 Å². The average molecular weight is 445 g/mol. The van der Waals surface area contributed by atoms with Crippen LogP contribution < -0.4 is 14.8 Å². The summed E-state index contributed by atoms with van der Waals surface area (Å²) in [4.78, 5) is 12.4. The van der Waals surface area contributed by atoms with E-state index in [1.54, 1.807) is 24.3 Å². The van der Waals surface area contributed by atoms with Crippen molar-refractivity contribution in [2.45, 2.75) is 25.6 Å². The lowest BCUT2D eigenvalue weighted by Gasteiger charge is -2.13. The van der Waals surface area contributed by atoms with Crippen LogP contribution in [-0.4, -0.2) is 32.3 Å². The number of carbonyl (C=O) groups excluding carboxylic acids is 1. The molecule has 1 N–H and O–H groups in total. The molecule has 1 aliphatic rings. The molecule has 0 aliphatic carbocycles. The van der Waals surface area contributed by atoms with Crippen LogP contribution in [0.25, 0.3) is 6.08 Å². The monoisotopic (exact) mass is 444 g/mol. The van der Waals surface area contributed by atoms with E-state index in [-0.39, 0.29) is 28.9 Å². The van der Waals surface area contributed by atoms with Gasteiger partial charge in [0.2, 0.25) is 0 Å². The number of carbonyl (C=O) groups is 1. The summed E-state index contributed by atoms with van der Waals surface area (Å²) in [7, 11) is 1.48. The third kappa shape index (κ3) is 5.97. The molecule has 1 amide bonds. The zero-order chi connectivity index (χ0) is 22.2. The molecule has 1 atom stereocenters. The van der Waals surface area contributed by atoms with Crippen molar-refractivity contribution < 1.29 is 23.4 Å². The Morgan fingerprint density at radius 3 is 2.90 bits per heavy atom. The number of halogens is 2. The number of amides is 1. The summed E-state index contributed by atoms with van der Waals surface area (Å²) in [6.45, 7) is 0.939. The highest BCUT2D eigenvalue weighted by molar-refractivity contribution is 6.31. The van der Waals surface area contributed by atoms with Crippen molar-refractivity contribution in [2.75, 3.05) is 20.3 Å². The van der Waals surface area contributed by atoms with E-state index in [9.17, 15) is 14.4 Å². The first-order valence-electron chi connectivity index (χ1n) is 9.77. The molecule has 1 saturated heterocycles. The topological polar surface area (TPSA) is 80.6 Å². The summed E-state index contributed by atoms with van der Waals surface area (Å²) < 4.78 is 30.5. The van der Waals surface area contributed by atoms with Crippen molar-refractivity contribution >= 4 is 23.6 Å². The number of nitrogens with zero attached hydrogens (tertiary/aromatic N) is 1. The molecule has 1 aliphatic heterocycles. The predicted octanol–water partition coefficient (Wildman–Crippen LogP) is 4.27. The molecular formula is C23H22ClFN2O4.